The van der Waals surface area contributed by atoms with E-state index in [0.29, 0.717) is 5.75 Å². The van der Waals surface area contributed by atoms with Gasteiger partial charge in [0, 0.05) is 15.7 Å². The van der Waals surface area contributed by atoms with Gasteiger partial charge in [0.15, 0.2) is 0 Å². The Kier molecular flexibility index (Phi) is 4.46. The van der Waals surface area contributed by atoms with Crippen LogP contribution in [0.4, 0.5) is 18.9 Å². The van der Waals surface area contributed by atoms with E-state index in [1.807, 2.05) is 6.92 Å². The van der Waals surface area contributed by atoms with Crippen molar-refractivity contribution >= 4 is 21.6 Å². The van der Waals surface area contributed by atoms with Crippen LogP contribution < -0.4 is 10.5 Å². The van der Waals surface area contributed by atoms with Gasteiger partial charge in [0.2, 0.25) is 0 Å². The topological polar surface area (TPSA) is 35.2 Å². The minimum Gasteiger partial charge on any atom is -0.489 e. The molecule has 0 atom stereocenters. The lowest BCUT2D eigenvalue weighted by Gasteiger charge is -2.14. The van der Waals surface area contributed by atoms with Crippen molar-refractivity contribution < 1.29 is 17.9 Å². The lowest BCUT2D eigenvalue weighted by Crippen LogP contribution is -2.11. The molecule has 2 rings (SSSR count). The number of rotatable bonds is 3. The number of alkyl halides is 3. The third kappa shape index (κ3) is 3.91. The number of hydrogen-bond donors (Lipinski definition) is 1. The second-order valence-electron chi connectivity index (χ2n) is 4.61. The first-order valence-electron chi connectivity index (χ1n) is 6.12. The van der Waals surface area contributed by atoms with Gasteiger partial charge in [0.1, 0.15) is 12.4 Å². The van der Waals surface area contributed by atoms with Crippen molar-refractivity contribution in [2.75, 3.05) is 5.73 Å². The molecule has 2 N–H and O–H groups in total. The second kappa shape index (κ2) is 5.97. The van der Waals surface area contributed by atoms with E-state index in [9.17, 15) is 13.2 Å². The van der Waals surface area contributed by atoms with Gasteiger partial charge in [-0.15, -0.1) is 0 Å². The molecule has 6 heteroatoms. The number of aryl methyl sites for hydroxylation is 1. The fourth-order valence-electron chi connectivity index (χ4n) is 1.85. The SMILES string of the molecule is Cc1cc(OCc2ccc(N)cc2C(F)(F)F)ccc1Br. The van der Waals surface area contributed by atoms with Crippen LogP contribution in [0.3, 0.4) is 0 Å². The molecular weight excluding hydrogens is 347 g/mol. The number of nitrogens with two attached hydrogens (primary N) is 1. The average molecular weight is 360 g/mol. The third-order valence-corrected chi connectivity index (χ3v) is 3.85. The van der Waals surface area contributed by atoms with Gasteiger partial charge in [0.25, 0.3) is 0 Å². The van der Waals surface area contributed by atoms with Crippen LogP contribution in [0.1, 0.15) is 16.7 Å². The molecule has 0 aliphatic carbocycles. The lowest BCUT2D eigenvalue weighted by molar-refractivity contribution is -0.138. The maximum atomic E-state index is 13.0. The minimum absolute atomic E-state index is 0.0530. The number of nitrogen functional groups attached to an aromatic ring is 1. The highest BCUT2D eigenvalue weighted by Crippen LogP contribution is 2.34. The largest absolute Gasteiger partial charge is 0.489 e. The fraction of sp³-hybridized carbons (Fsp3) is 0.200. The zero-order valence-corrected chi connectivity index (χ0v) is 12.8. The van der Waals surface area contributed by atoms with Gasteiger partial charge in [-0.2, -0.15) is 13.2 Å². The van der Waals surface area contributed by atoms with Crippen molar-refractivity contribution in [2.45, 2.75) is 19.7 Å². The smallest absolute Gasteiger partial charge is 0.416 e. The predicted molar refractivity (Wildman–Crippen MR) is 79.1 cm³/mol. The van der Waals surface area contributed by atoms with Crippen molar-refractivity contribution in [3.63, 3.8) is 0 Å². The normalized spacial score (nSPS) is 11.5. The quantitative estimate of drug-likeness (QED) is 0.788. The van der Waals surface area contributed by atoms with E-state index in [4.69, 9.17) is 10.5 Å². The van der Waals surface area contributed by atoms with E-state index >= 15 is 0 Å². The summed E-state index contributed by atoms with van der Waals surface area (Å²) < 4.78 is 45.2. The number of halogens is 4. The van der Waals surface area contributed by atoms with Crippen LogP contribution in [0, 0.1) is 6.92 Å². The maximum Gasteiger partial charge on any atom is 0.416 e. The van der Waals surface area contributed by atoms with Crippen molar-refractivity contribution in [3.05, 3.63) is 57.6 Å². The minimum atomic E-state index is -4.45. The Morgan fingerprint density at radius 3 is 2.48 bits per heavy atom. The molecule has 2 aromatic rings. The summed E-state index contributed by atoms with van der Waals surface area (Å²) >= 11 is 3.35. The predicted octanol–water partition coefficient (Wildman–Crippen LogP) is 4.94. The summed E-state index contributed by atoms with van der Waals surface area (Å²) in [7, 11) is 0. The number of hydrogen-bond acceptors (Lipinski definition) is 2. The molecule has 2 nitrogen and oxygen atoms in total. The molecule has 0 saturated heterocycles. The Morgan fingerprint density at radius 1 is 1.14 bits per heavy atom. The maximum absolute atomic E-state index is 13.0. The van der Waals surface area contributed by atoms with E-state index in [1.165, 1.54) is 12.1 Å². The van der Waals surface area contributed by atoms with Crippen LogP contribution in [-0.4, -0.2) is 0 Å². The zero-order valence-electron chi connectivity index (χ0n) is 11.2. The second-order valence-corrected chi connectivity index (χ2v) is 5.47. The summed E-state index contributed by atoms with van der Waals surface area (Å²) in [5.41, 5.74) is 5.73. The van der Waals surface area contributed by atoms with Gasteiger partial charge in [0.05, 0.1) is 5.56 Å². The first kappa shape index (κ1) is 15.7. The Balaban J connectivity index is 2.22. The van der Waals surface area contributed by atoms with Crippen LogP contribution in [0.2, 0.25) is 0 Å². The zero-order chi connectivity index (χ0) is 15.6. The van der Waals surface area contributed by atoms with Crippen LogP contribution in [0.25, 0.3) is 0 Å². The van der Waals surface area contributed by atoms with Crippen LogP contribution in [0.15, 0.2) is 40.9 Å². The molecule has 0 heterocycles. The van der Waals surface area contributed by atoms with E-state index in [2.05, 4.69) is 15.9 Å². The van der Waals surface area contributed by atoms with E-state index in [0.717, 1.165) is 16.1 Å². The summed E-state index contributed by atoms with van der Waals surface area (Å²) in [4.78, 5) is 0. The summed E-state index contributed by atoms with van der Waals surface area (Å²) in [6.45, 7) is 1.71. The van der Waals surface area contributed by atoms with Crippen molar-refractivity contribution in [3.8, 4) is 5.75 Å². The Hall–Kier alpha value is -1.69. The molecule has 2 aromatic carbocycles. The van der Waals surface area contributed by atoms with Gasteiger partial charge in [-0.3, -0.25) is 0 Å². The highest BCUT2D eigenvalue weighted by Gasteiger charge is 2.33. The highest BCUT2D eigenvalue weighted by atomic mass is 79.9. The molecule has 21 heavy (non-hydrogen) atoms. The first-order chi connectivity index (χ1) is 9.77. The Morgan fingerprint density at radius 2 is 1.86 bits per heavy atom. The summed E-state index contributed by atoms with van der Waals surface area (Å²) in [5, 5.41) is 0. The van der Waals surface area contributed by atoms with Crippen molar-refractivity contribution in [2.24, 2.45) is 0 Å². The third-order valence-electron chi connectivity index (χ3n) is 2.96. The van der Waals surface area contributed by atoms with Crippen LogP contribution in [0.5, 0.6) is 5.75 Å². The monoisotopic (exact) mass is 359 g/mol. The fourth-order valence-corrected chi connectivity index (χ4v) is 2.10. The van der Waals surface area contributed by atoms with E-state index < -0.39 is 11.7 Å². The number of benzene rings is 2. The molecule has 0 saturated carbocycles. The molecule has 0 bridgehead atoms. The van der Waals surface area contributed by atoms with Crippen molar-refractivity contribution in [1.29, 1.82) is 0 Å². The molecular formula is C15H13BrF3NO. The van der Waals surface area contributed by atoms with Gasteiger partial charge in [-0.05, 0) is 42.8 Å². The molecule has 0 amide bonds. The van der Waals surface area contributed by atoms with Crippen LogP contribution >= 0.6 is 15.9 Å². The van der Waals surface area contributed by atoms with Gasteiger partial charge >= 0.3 is 6.18 Å². The molecule has 0 aromatic heterocycles. The van der Waals surface area contributed by atoms with Crippen molar-refractivity contribution in [1.82, 2.24) is 0 Å². The molecule has 0 fully saturated rings. The van der Waals surface area contributed by atoms with Gasteiger partial charge in [-0.1, -0.05) is 22.0 Å². The van der Waals surface area contributed by atoms with Crippen LogP contribution in [-0.2, 0) is 12.8 Å². The summed E-state index contributed by atoms with van der Waals surface area (Å²) in [6, 6.07) is 8.94. The van der Waals surface area contributed by atoms with Gasteiger partial charge < -0.3 is 10.5 Å². The average Bonchev–Trinajstić information content (AvgIpc) is 2.40. The highest BCUT2D eigenvalue weighted by molar-refractivity contribution is 9.10. The first-order valence-corrected chi connectivity index (χ1v) is 6.91. The number of anilines is 1. The summed E-state index contributed by atoms with van der Waals surface area (Å²) in [6.07, 6.45) is -4.45. The molecule has 0 aliphatic heterocycles. The Bertz CT molecular complexity index is 656. The molecule has 112 valence electrons. The van der Waals surface area contributed by atoms with Gasteiger partial charge in [-0.25, -0.2) is 0 Å². The van der Waals surface area contributed by atoms with E-state index in [1.54, 1.807) is 18.2 Å². The number of ether oxygens (including phenoxy) is 1. The summed E-state index contributed by atoms with van der Waals surface area (Å²) in [5.74, 6) is 0.514. The molecule has 0 spiro atoms. The molecule has 0 radical (unpaired) electrons. The molecule has 0 unspecified atom stereocenters. The molecule has 0 aliphatic rings. The standard InChI is InChI=1S/C15H13BrF3NO/c1-9-6-12(4-5-14(9)16)21-8-10-2-3-11(20)7-13(10)15(17,18)19/h2-7H,8,20H2,1H3. The Labute approximate surface area is 128 Å². The van der Waals surface area contributed by atoms with E-state index in [-0.39, 0.29) is 17.9 Å². The lowest BCUT2D eigenvalue weighted by atomic mass is 10.1.